The molecule has 2 saturated heterocycles. The van der Waals surface area contributed by atoms with Crippen molar-refractivity contribution < 1.29 is 4.74 Å². The van der Waals surface area contributed by atoms with E-state index in [9.17, 15) is 0 Å². The summed E-state index contributed by atoms with van der Waals surface area (Å²) in [5, 5.41) is 3.81. The summed E-state index contributed by atoms with van der Waals surface area (Å²) in [6, 6.07) is 5.83. The summed E-state index contributed by atoms with van der Waals surface area (Å²) in [6.07, 6.45) is 6.49. The van der Waals surface area contributed by atoms with Gasteiger partial charge in [0.1, 0.15) is 5.75 Å². The van der Waals surface area contributed by atoms with Gasteiger partial charge in [0.25, 0.3) is 0 Å². The van der Waals surface area contributed by atoms with Crippen LogP contribution in [0.15, 0.2) is 16.6 Å². The van der Waals surface area contributed by atoms with Crippen molar-refractivity contribution in [3.05, 3.63) is 27.7 Å². The third kappa shape index (κ3) is 2.73. The Morgan fingerprint density at radius 3 is 3.14 bits per heavy atom. The van der Waals surface area contributed by atoms with Gasteiger partial charge in [-0.2, -0.15) is 0 Å². The van der Waals surface area contributed by atoms with Crippen LogP contribution in [0.3, 0.4) is 0 Å². The van der Waals surface area contributed by atoms with E-state index in [1.54, 1.807) is 0 Å². The van der Waals surface area contributed by atoms with Crippen LogP contribution < -0.4 is 10.1 Å². The van der Waals surface area contributed by atoms with E-state index in [1.807, 2.05) is 0 Å². The summed E-state index contributed by atoms with van der Waals surface area (Å²) in [7, 11) is 0. The number of benzene rings is 1. The summed E-state index contributed by atoms with van der Waals surface area (Å²) >= 11 is 3.63. The number of piperidine rings is 1. The van der Waals surface area contributed by atoms with Crippen LogP contribution in [0.4, 0.5) is 0 Å². The number of hydrogen-bond donors (Lipinski definition) is 1. The zero-order valence-electron chi connectivity index (χ0n) is 12.4. The van der Waals surface area contributed by atoms with Crippen molar-refractivity contribution in [3.63, 3.8) is 0 Å². The molecule has 114 valence electrons. The maximum absolute atomic E-state index is 5.84. The van der Waals surface area contributed by atoms with Crippen molar-refractivity contribution in [1.82, 2.24) is 10.2 Å². The molecule has 1 N–H and O–H groups in total. The molecule has 2 atom stereocenters. The number of halogens is 1. The number of nitrogens with one attached hydrogen (secondary N) is 1. The topological polar surface area (TPSA) is 24.5 Å². The fourth-order valence-electron chi connectivity index (χ4n) is 4.20. The lowest BCUT2D eigenvalue weighted by atomic mass is 9.98. The molecule has 3 heterocycles. The van der Waals surface area contributed by atoms with Gasteiger partial charge >= 0.3 is 0 Å². The highest BCUT2D eigenvalue weighted by molar-refractivity contribution is 9.10. The quantitative estimate of drug-likeness (QED) is 0.906. The molecule has 2 unspecified atom stereocenters. The summed E-state index contributed by atoms with van der Waals surface area (Å²) in [5.41, 5.74) is 2.66. The normalized spacial score (nSPS) is 28.2. The molecule has 0 spiro atoms. The first-order valence-corrected chi connectivity index (χ1v) is 9.02. The summed E-state index contributed by atoms with van der Waals surface area (Å²) in [5.74, 6) is 1.13. The second-order valence-electron chi connectivity index (χ2n) is 6.53. The average Bonchev–Trinajstić information content (AvgIpc) is 3.11. The molecule has 3 aliphatic rings. The molecule has 2 fully saturated rings. The lowest BCUT2D eigenvalue weighted by molar-refractivity contribution is 0.180. The lowest BCUT2D eigenvalue weighted by Crippen LogP contribution is -2.44. The van der Waals surface area contributed by atoms with Crippen LogP contribution in [0.5, 0.6) is 5.75 Å². The molecule has 21 heavy (non-hydrogen) atoms. The molecular weight excluding hydrogens is 328 g/mol. The fraction of sp³-hybridized carbons (Fsp3) is 0.647. The number of rotatable bonds is 3. The molecule has 0 radical (unpaired) electrons. The zero-order chi connectivity index (χ0) is 14.2. The highest BCUT2D eigenvalue weighted by atomic mass is 79.9. The van der Waals surface area contributed by atoms with E-state index in [2.05, 4.69) is 38.3 Å². The van der Waals surface area contributed by atoms with Gasteiger partial charge in [-0.25, -0.2) is 0 Å². The number of fused-ring (bicyclic) bond motifs is 2. The third-order valence-corrected chi connectivity index (χ3v) is 5.69. The molecule has 4 heteroatoms. The molecule has 1 aromatic rings. The minimum absolute atomic E-state index is 0.654. The molecular formula is C17H23BrN2O. The monoisotopic (exact) mass is 350 g/mol. The maximum atomic E-state index is 5.84. The van der Waals surface area contributed by atoms with Gasteiger partial charge in [0.05, 0.1) is 6.61 Å². The minimum atomic E-state index is 0.654. The SMILES string of the molecule is Brc1cc2c(c(CNC3CCN4CCCCC34)c1)OCC2. The lowest BCUT2D eigenvalue weighted by Gasteiger charge is -2.32. The summed E-state index contributed by atoms with van der Waals surface area (Å²) in [6.45, 7) is 4.34. The second kappa shape index (κ2) is 5.90. The van der Waals surface area contributed by atoms with Crippen LogP contribution >= 0.6 is 15.9 Å². The van der Waals surface area contributed by atoms with Gasteiger partial charge in [-0.1, -0.05) is 22.4 Å². The van der Waals surface area contributed by atoms with Gasteiger partial charge in [-0.3, -0.25) is 4.90 Å². The molecule has 3 aliphatic heterocycles. The van der Waals surface area contributed by atoms with E-state index >= 15 is 0 Å². The van der Waals surface area contributed by atoms with E-state index in [1.165, 1.54) is 54.4 Å². The highest BCUT2D eigenvalue weighted by Crippen LogP contribution is 2.33. The first-order chi connectivity index (χ1) is 10.3. The number of hydrogen-bond acceptors (Lipinski definition) is 3. The minimum Gasteiger partial charge on any atom is -0.493 e. The molecule has 0 aromatic heterocycles. The van der Waals surface area contributed by atoms with Crippen molar-refractivity contribution in [2.45, 2.75) is 50.7 Å². The van der Waals surface area contributed by atoms with Crippen molar-refractivity contribution in [3.8, 4) is 5.75 Å². The molecule has 0 bridgehead atoms. The first kappa shape index (κ1) is 14.0. The van der Waals surface area contributed by atoms with E-state index in [0.29, 0.717) is 6.04 Å². The predicted molar refractivity (Wildman–Crippen MR) is 87.8 cm³/mol. The molecule has 0 saturated carbocycles. The van der Waals surface area contributed by atoms with Gasteiger partial charge in [-0.05, 0) is 43.5 Å². The van der Waals surface area contributed by atoms with E-state index in [-0.39, 0.29) is 0 Å². The zero-order valence-corrected chi connectivity index (χ0v) is 14.0. The molecule has 1 aromatic carbocycles. The van der Waals surface area contributed by atoms with Crippen molar-refractivity contribution in [2.24, 2.45) is 0 Å². The van der Waals surface area contributed by atoms with Crippen LogP contribution in [0.25, 0.3) is 0 Å². The Morgan fingerprint density at radius 2 is 2.19 bits per heavy atom. The molecule has 0 amide bonds. The van der Waals surface area contributed by atoms with Crippen molar-refractivity contribution in [2.75, 3.05) is 19.7 Å². The smallest absolute Gasteiger partial charge is 0.127 e. The van der Waals surface area contributed by atoms with Crippen LogP contribution in [0.1, 0.15) is 36.8 Å². The van der Waals surface area contributed by atoms with Crippen LogP contribution in [0, 0.1) is 0 Å². The molecule has 0 aliphatic carbocycles. The first-order valence-electron chi connectivity index (χ1n) is 8.23. The summed E-state index contributed by atoms with van der Waals surface area (Å²) < 4.78 is 7.01. The number of nitrogens with zero attached hydrogens (tertiary/aromatic N) is 1. The van der Waals surface area contributed by atoms with Gasteiger partial charge in [0.2, 0.25) is 0 Å². The van der Waals surface area contributed by atoms with Crippen LogP contribution in [-0.4, -0.2) is 36.7 Å². The Bertz CT molecular complexity index is 534. The van der Waals surface area contributed by atoms with Gasteiger partial charge < -0.3 is 10.1 Å². The Morgan fingerprint density at radius 1 is 1.24 bits per heavy atom. The predicted octanol–water partition coefficient (Wildman–Crippen LogP) is 3.10. The summed E-state index contributed by atoms with van der Waals surface area (Å²) in [4.78, 5) is 2.68. The van der Waals surface area contributed by atoms with Gasteiger partial charge in [0.15, 0.2) is 0 Å². The Balaban J connectivity index is 1.45. The van der Waals surface area contributed by atoms with Gasteiger partial charge in [0, 0.05) is 41.6 Å². The highest BCUT2D eigenvalue weighted by Gasteiger charge is 2.35. The van der Waals surface area contributed by atoms with E-state index in [0.717, 1.165) is 31.4 Å². The van der Waals surface area contributed by atoms with E-state index < -0.39 is 0 Å². The Labute approximate surface area is 135 Å². The standard InChI is InChI=1S/C17H23BrN2O/c18-14-9-12-5-8-21-17(12)13(10-14)11-19-15-4-7-20-6-2-1-3-16(15)20/h9-10,15-16,19H,1-8,11H2. The van der Waals surface area contributed by atoms with E-state index in [4.69, 9.17) is 4.74 Å². The third-order valence-electron chi connectivity index (χ3n) is 5.24. The second-order valence-corrected chi connectivity index (χ2v) is 7.44. The fourth-order valence-corrected chi connectivity index (χ4v) is 4.76. The number of ether oxygens (including phenoxy) is 1. The maximum Gasteiger partial charge on any atom is 0.127 e. The van der Waals surface area contributed by atoms with Crippen LogP contribution in [0.2, 0.25) is 0 Å². The Hall–Kier alpha value is -0.580. The van der Waals surface area contributed by atoms with Crippen molar-refractivity contribution >= 4 is 15.9 Å². The van der Waals surface area contributed by atoms with Crippen LogP contribution in [-0.2, 0) is 13.0 Å². The largest absolute Gasteiger partial charge is 0.493 e. The van der Waals surface area contributed by atoms with Crippen molar-refractivity contribution in [1.29, 1.82) is 0 Å². The van der Waals surface area contributed by atoms with Gasteiger partial charge in [-0.15, -0.1) is 0 Å². The Kier molecular flexibility index (Phi) is 3.94. The molecule has 3 nitrogen and oxygen atoms in total. The molecule has 4 rings (SSSR count). The average molecular weight is 351 g/mol.